The summed E-state index contributed by atoms with van der Waals surface area (Å²) in [7, 11) is 3.56. The van der Waals surface area contributed by atoms with Crippen molar-refractivity contribution in [1.29, 1.82) is 0 Å². The molecule has 0 saturated carbocycles. The summed E-state index contributed by atoms with van der Waals surface area (Å²) >= 11 is 0. The van der Waals surface area contributed by atoms with E-state index in [9.17, 15) is 0 Å². The van der Waals surface area contributed by atoms with Crippen LogP contribution in [0.3, 0.4) is 0 Å². The SMILES string of the molecule is CCNC(=NCC(C)(C)OC)NCCNc1ncnc2c1cnn2C.I. The van der Waals surface area contributed by atoms with Crippen LogP contribution in [0.15, 0.2) is 17.5 Å². The molecule has 0 aliphatic carbocycles. The van der Waals surface area contributed by atoms with Gasteiger partial charge in [0.05, 0.1) is 23.7 Å². The summed E-state index contributed by atoms with van der Waals surface area (Å²) in [6, 6.07) is 0. The Kier molecular flexibility index (Phi) is 8.99. The van der Waals surface area contributed by atoms with E-state index in [1.54, 1.807) is 18.0 Å². The molecule has 0 amide bonds. The molecule has 0 saturated heterocycles. The zero-order valence-corrected chi connectivity index (χ0v) is 18.4. The number of rotatable bonds is 8. The van der Waals surface area contributed by atoms with Gasteiger partial charge in [0.1, 0.15) is 12.1 Å². The van der Waals surface area contributed by atoms with Crippen molar-refractivity contribution in [1.82, 2.24) is 30.4 Å². The molecule has 0 aliphatic rings. The van der Waals surface area contributed by atoms with Crippen molar-refractivity contribution in [3.05, 3.63) is 12.5 Å². The molecule has 0 atom stereocenters. The molecule has 2 heterocycles. The van der Waals surface area contributed by atoms with Gasteiger partial charge in [-0.1, -0.05) is 0 Å². The fourth-order valence-electron chi connectivity index (χ4n) is 2.14. The van der Waals surface area contributed by atoms with Gasteiger partial charge < -0.3 is 20.7 Å². The molecule has 3 N–H and O–H groups in total. The summed E-state index contributed by atoms with van der Waals surface area (Å²) in [5, 5.41) is 15.0. The van der Waals surface area contributed by atoms with E-state index in [1.165, 1.54) is 6.33 Å². The second-order valence-corrected chi connectivity index (χ2v) is 6.24. The highest BCUT2D eigenvalue weighted by Gasteiger charge is 2.15. The molecular formula is C16H29IN8O. The molecule has 0 spiro atoms. The van der Waals surface area contributed by atoms with Crippen molar-refractivity contribution in [3.63, 3.8) is 0 Å². The number of halogens is 1. The number of anilines is 1. The van der Waals surface area contributed by atoms with E-state index < -0.39 is 0 Å². The third kappa shape index (κ3) is 6.24. The van der Waals surface area contributed by atoms with Gasteiger partial charge >= 0.3 is 0 Å². The minimum Gasteiger partial charge on any atom is -0.377 e. The first-order chi connectivity index (χ1) is 12.0. The molecular weight excluding hydrogens is 447 g/mol. The fraction of sp³-hybridized carbons (Fsp3) is 0.625. The quantitative estimate of drug-likeness (QED) is 0.229. The summed E-state index contributed by atoms with van der Waals surface area (Å²) < 4.78 is 7.13. The maximum absolute atomic E-state index is 5.40. The van der Waals surface area contributed by atoms with Gasteiger partial charge in [0.2, 0.25) is 0 Å². The Labute approximate surface area is 171 Å². The van der Waals surface area contributed by atoms with Crippen LogP contribution in [0.5, 0.6) is 0 Å². The van der Waals surface area contributed by atoms with Gasteiger partial charge in [-0.25, -0.2) is 9.97 Å². The normalized spacial score (nSPS) is 12.0. The van der Waals surface area contributed by atoms with Crippen molar-refractivity contribution in [3.8, 4) is 0 Å². The summed E-state index contributed by atoms with van der Waals surface area (Å²) in [5.41, 5.74) is 0.523. The predicted octanol–water partition coefficient (Wildman–Crippen LogP) is 1.37. The first-order valence-corrected chi connectivity index (χ1v) is 8.40. The minimum atomic E-state index is -0.284. The monoisotopic (exact) mass is 476 g/mol. The molecule has 146 valence electrons. The summed E-state index contributed by atoms with van der Waals surface area (Å²) in [5.74, 6) is 1.55. The minimum absolute atomic E-state index is 0. The first-order valence-electron chi connectivity index (χ1n) is 8.40. The number of hydrogen-bond acceptors (Lipinski definition) is 6. The van der Waals surface area contributed by atoms with Gasteiger partial charge in [0, 0.05) is 33.8 Å². The molecule has 26 heavy (non-hydrogen) atoms. The van der Waals surface area contributed by atoms with Crippen LogP contribution in [0.4, 0.5) is 5.82 Å². The Balaban J connectivity index is 0.00000338. The summed E-state index contributed by atoms with van der Waals surface area (Å²) in [6.45, 7) is 8.83. The highest BCUT2D eigenvalue weighted by molar-refractivity contribution is 14.0. The Hall–Kier alpha value is -1.69. The fourth-order valence-corrected chi connectivity index (χ4v) is 2.14. The molecule has 0 radical (unpaired) electrons. The van der Waals surface area contributed by atoms with Crippen molar-refractivity contribution in [2.24, 2.45) is 12.0 Å². The third-order valence-electron chi connectivity index (χ3n) is 3.75. The number of aliphatic imine (C=N–C) groups is 1. The molecule has 0 bridgehead atoms. The van der Waals surface area contributed by atoms with Crippen molar-refractivity contribution >= 4 is 46.8 Å². The topological polar surface area (TPSA) is 101 Å². The lowest BCUT2D eigenvalue weighted by molar-refractivity contribution is 0.0311. The standard InChI is InChI=1S/C16H28N8O.HI/c1-6-17-15(20-10-16(2,3)25-5)19-8-7-18-13-12-9-23-24(4)14(12)22-11-21-13;/h9,11H,6-8,10H2,1-5H3,(H2,17,19,20)(H,18,21,22);1H. The van der Waals surface area contributed by atoms with E-state index in [2.05, 4.69) is 36.0 Å². The summed E-state index contributed by atoms with van der Waals surface area (Å²) in [6.07, 6.45) is 3.31. The number of nitrogens with one attached hydrogen (secondary N) is 3. The lowest BCUT2D eigenvalue weighted by atomic mass is 10.1. The Morgan fingerprint density at radius 3 is 2.73 bits per heavy atom. The van der Waals surface area contributed by atoms with Crippen molar-refractivity contribution < 1.29 is 4.74 Å². The number of ether oxygens (including phenoxy) is 1. The lowest BCUT2D eigenvalue weighted by Gasteiger charge is -2.21. The lowest BCUT2D eigenvalue weighted by Crippen LogP contribution is -2.41. The van der Waals surface area contributed by atoms with E-state index in [0.29, 0.717) is 19.6 Å². The first kappa shape index (κ1) is 22.4. The summed E-state index contributed by atoms with van der Waals surface area (Å²) in [4.78, 5) is 13.1. The van der Waals surface area contributed by atoms with Gasteiger partial charge in [-0.2, -0.15) is 5.10 Å². The van der Waals surface area contributed by atoms with Crippen LogP contribution >= 0.6 is 24.0 Å². The average molecular weight is 476 g/mol. The van der Waals surface area contributed by atoms with E-state index in [-0.39, 0.29) is 29.6 Å². The van der Waals surface area contributed by atoms with E-state index >= 15 is 0 Å². The van der Waals surface area contributed by atoms with Crippen molar-refractivity contribution in [2.45, 2.75) is 26.4 Å². The number of methoxy groups -OCH3 is 1. The molecule has 0 unspecified atom stereocenters. The Morgan fingerprint density at radius 1 is 1.27 bits per heavy atom. The molecule has 0 fully saturated rings. The number of aromatic nitrogens is 4. The molecule has 10 heteroatoms. The maximum atomic E-state index is 5.40. The second-order valence-electron chi connectivity index (χ2n) is 6.24. The number of hydrogen-bond donors (Lipinski definition) is 3. The zero-order valence-electron chi connectivity index (χ0n) is 16.0. The van der Waals surface area contributed by atoms with E-state index in [4.69, 9.17) is 4.74 Å². The predicted molar refractivity (Wildman–Crippen MR) is 115 cm³/mol. The van der Waals surface area contributed by atoms with Crippen LogP contribution in [0.1, 0.15) is 20.8 Å². The highest BCUT2D eigenvalue weighted by atomic mass is 127. The van der Waals surface area contributed by atoms with Gasteiger partial charge in [-0.05, 0) is 20.8 Å². The van der Waals surface area contributed by atoms with Gasteiger partial charge in [-0.15, -0.1) is 24.0 Å². The third-order valence-corrected chi connectivity index (χ3v) is 3.75. The molecule has 2 aromatic heterocycles. The van der Waals surface area contributed by atoms with Crippen LogP contribution in [0, 0.1) is 0 Å². The zero-order chi connectivity index (χ0) is 18.3. The van der Waals surface area contributed by atoms with Gasteiger partial charge in [0.25, 0.3) is 0 Å². The number of aryl methyl sites for hydroxylation is 1. The number of guanidine groups is 1. The highest BCUT2D eigenvalue weighted by Crippen LogP contribution is 2.17. The molecule has 0 aliphatic heterocycles. The second kappa shape index (κ2) is 10.5. The molecule has 2 rings (SSSR count). The largest absolute Gasteiger partial charge is 0.377 e. The van der Waals surface area contributed by atoms with Crippen LogP contribution in [-0.2, 0) is 11.8 Å². The maximum Gasteiger partial charge on any atom is 0.191 e. The van der Waals surface area contributed by atoms with Crippen LogP contribution in [0.2, 0.25) is 0 Å². The molecule has 2 aromatic rings. The van der Waals surface area contributed by atoms with Crippen LogP contribution < -0.4 is 16.0 Å². The average Bonchev–Trinajstić information content (AvgIpc) is 2.98. The molecule has 9 nitrogen and oxygen atoms in total. The van der Waals surface area contributed by atoms with Crippen molar-refractivity contribution in [2.75, 3.05) is 38.6 Å². The van der Waals surface area contributed by atoms with Gasteiger partial charge in [-0.3, -0.25) is 9.67 Å². The number of fused-ring (bicyclic) bond motifs is 1. The smallest absolute Gasteiger partial charge is 0.191 e. The van der Waals surface area contributed by atoms with Crippen LogP contribution in [-0.4, -0.2) is 64.6 Å². The van der Waals surface area contributed by atoms with E-state index in [0.717, 1.165) is 29.4 Å². The number of nitrogens with zero attached hydrogens (tertiary/aromatic N) is 5. The van der Waals surface area contributed by atoms with Gasteiger partial charge in [0.15, 0.2) is 11.6 Å². The Morgan fingerprint density at radius 2 is 2.04 bits per heavy atom. The van der Waals surface area contributed by atoms with E-state index in [1.807, 2.05) is 27.8 Å². The Bertz CT molecular complexity index is 715. The molecule has 0 aromatic carbocycles. The van der Waals surface area contributed by atoms with Crippen LogP contribution in [0.25, 0.3) is 11.0 Å².